The fourth-order valence-corrected chi connectivity index (χ4v) is 2.69. The highest BCUT2D eigenvalue weighted by Crippen LogP contribution is 2.14. The number of aromatic nitrogens is 2. The van der Waals surface area contributed by atoms with E-state index in [0.717, 1.165) is 25.2 Å². The van der Waals surface area contributed by atoms with Crippen molar-refractivity contribution in [1.29, 1.82) is 0 Å². The van der Waals surface area contributed by atoms with E-state index in [9.17, 15) is 4.79 Å². The summed E-state index contributed by atoms with van der Waals surface area (Å²) in [6.45, 7) is 2.84. The summed E-state index contributed by atoms with van der Waals surface area (Å²) in [4.78, 5) is 22.8. The Morgan fingerprint density at radius 1 is 1.26 bits per heavy atom. The topological polar surface area (TPSA) is 70.2 Å². The van der Waals surface area contributed by atoms with Crippen LogP contribution < -0.4 is 10.6 Å². The molecule has 6 heteroatoms. The summed E-state index contributed by atoms with van der Waals surface area (Å²) in [6.07, 6.45) is 4.23. The highest BCUT2D eigenvalue weighted by molar-refractivity contribution is 5.93. The molecule has 1 fully saturated rings. The summed E-state index contributed by atoms with van der Waals surface area (Å²) in [5.74, 6) is 0.889. The van der Waals surface area contributed by atoms with Crippen LogP contribution >= 0.6 is 0 Å². The number of carbonyl (C=O) groups excluding carboxylic acids is 1. The number of nitrogens with zero attached hydrogens (tertiary/aromatic N) is 3. The maximum absolute atomic E-state index is 12.1. The quantitative estimate of drug-likeness (QED) is 0.882. The molecular formula is C17H21N5O. The van der Waals surface area contributed by atoms with Gasteiger partial charge >= 0.3 is 0 Å². The van der Waals surface area contributed by atoms with Crippen LogP contribution in [0.3, 0.4) is 0 Å². The zero-order chi connectivity index (χ0) is 16.1. The Kier molecular flexibility index (Phi) is 4.83. The molecule has 1 aliphatic rings. The predicted molar refractivity (Wildman–Crippen MR) is 89.7 cm³/mol. The smallest absolute Gasteiger partial charge is 0.254 e. The number of para-hydroxylation sites is 1. The minimum Gasteiger partial charge on any atom is -0.352 e. The minimum absolute atomic E-state index is 0.120. The molecule has 0 unspecified atom stereocenters. The van der Waals surface area contributed by atoms with E-state index in [-0.39, 0.29) is 5.91 Å². The van der Waals surface area contributed by atoms with Gasteiger partial charge in [0.2, 0.25) is 5.95 Å². The van der Waals surface area contributed by atoms with Gasteiger partial charge in [-0.2, -0.15) is 0 Å². The molecule has 120 valence electrons. The maximum Gasteiger partial charge on any atom is 0.254 e. The third kappa shape index (κ3) is 4.26. The van der Waals surface area contributed by atoms with Gasteiger partial charge in [-0.05, 0) is 38.1 Å². The van der Waals surface area contributed by atoms with Crippen molar-refractivity contribution in [3.05, 3.63) is 48.3 Å². The van der Waals surface area contributed by atoms with E-state index >= 15 is 0 Å². The first kappa shape index (κ1) is 15.4. The van der Waals surface area contributed by atoms with Crippen LogP contribution in [0, 0.1) is 5.92 Å². The molecule has 1 saturated heterocycles. The molecule has 1 aromatic carbocycles. The van der Waals surface area contributed by atoms with E-state index in [1.165, 1.54) is 0 Å². The molecule has 1 aromatic heterocycles. The van der Waals surface area contributed by atoms with Gasteiger partial charge in [0.25, 0.3) is 5.91 Å². The summed E-state index contributed by atoms with van der Waals surface area (Å²) in [7, 11) is 2.11. The molecule has 3 rings (SSSR count). The van der Waals surface area contributed by atoms with Gasteiger partial charge < -0.3 is 15.5 Å². The Bertz CT molecular complexity index is 644. The Morgan fingerprint density at radius 2 is 2.00 bits per heavy atom. The number of amides is 1. The van der Waals surface area contributed by atoms with E-state index in [2.05, 4.69) is 32.5 Å². The molecular weight excluding hydrogens is 290 g/mol. The van der Waals surface area contributed by atoms with Crippen LogP contribution in [0.25, 0.3) is 0 Å². The number of likely N-dealkylation sites (tertiary alicyclic amines) is 1. The molecule has 1 atom stereocenters. The van der Waals surface area contributed by atoms with Crippen molar-refractivity contribution in [3.63, 3.8) is 0 Å². The van der Waals surface area contributed by atoms with Crippen LogP contribution in [0.4, 0.5) is 11.6 Å². The highest BCUT2D eigenvalue weighted by atomic mass is 16.1. The zero-order valence-corrected chi connectivity index (χ0v) is 13.2. The molecule has 0 spiro atoms. The van der Waals surface area contributed by atoms with Crippen LogP contribution in [-0.4, -0.2) is 47.5 Å². The van der Waals surface area contributed by atoms with E-state index in [0.29, 0.717) is 24.0 Å². The number of hydrogen-bond acceptors (Lipinski definition) is 5. The Labute approximate surface area is 135 Å². The summed E-state index contributed by atoms with van der Waals surface area (Å²) >= 11 is 0. The van der Waals surface area contributed by atoms with E-state index in [1.54, 1.807) is 12.4 Å². The van der Waals surface area contributed by atoms with E-state index in [4.69, 9.17) is 0 Å². The fourth-order valence-electron chi connectivity index (χ4n) is 2.69. The van der Waals surface area contributed by atoms with Gasteiger partial charge in [-0.25, -0.2) is 9.97 Å². The van der Waals surface area contributed by atoms with E-state index in [1.807, 2.05) is 30.3 Å². The average Bonchev–Trinajstić information content (AvgIpc) is 3.00. The van der Waals surface area contributed by atoms with Crippen LogP contribution in [0.15, 0.2) is 42.7 Å². The van der Waals surface area contributed by atoms with E-state index < -0.39 is 0 Å². The standard InChI is InChI=1S/C17H21N5O/c1-22-8-7-13(12-22)9-18-16(23)14-10-19-17(20-11-14)21-15-5-3-2-4-6-15/h2-6,10-11,13H,7-9,12H2,1H3,(H,18,23)(H,19,20,21)/t13-/m0/s1. The summed E-state index contributed by atoms with van der Waals surface area (Å²) < 4.78 is 0. The van der Waals surface area contributed by atoms with Crippen LogP contribution in [0.2, 0.25) is 0 Å². The second-order valence-electron chi connectivity index (χ2n) is 5.91. The summed E-state index contributed by atoms with van der Waals surface area (Å²) in [6, 6.07) is 9.68. The molecule has 6 nitrogen and oxygen atoms in total. The van der Waals surface area contributed by atoms with Gasteiger partial charge in [-0.15, -0.1) is 0 Å². The van der Waals surface area contributed by atoms with Gasteiger partial charge in [-0.1, -0.05) is 18.2 Å². The van der Waals surface area contributed by atoms with Crippen molar-refractivity contribution < 1.29 is 4.79 Å². The molecule has 0 bridgehead atoms. The summed E-state index contributed by atoms with van der Waals surface area (Å²) in [5.41, 5.74) is 1.39. The number of anilines is 2. The van der Waals surface area contributed by atoms with Gasteiger partial charge in [0.05, 0.1) is 5.56 Å². The van der Waals surface area contributed by atoms with Gasteiger partial charge in [0.15, 0.2) is 0 Å². The monoisotopic (exact) mass is 311 g/mol. The molecule has 1 amide bonds. The van der Waals surface area contributed by atoms with Gasteiger partial charge in [-0.3, -0.25) is 4.79 Å². The van der Waals surface area contributed by atoms with Crippen molar-refractivity contribution >= 4 is 17.5 Å². The molecule has 0 radical (unpaired) electrons. The molecule has 23 heavy (non-hydrogen) atoms. The second kappa shape index (κ2) is 7.19. The Morgan fingerprint density at radius 3 is 2.65 bits per heavy atom. The lowest BCUT2D eigenvalue weighted by Crippen LogP contribution is -2.30. The molecule has 2 heterocycles. The van der Waals surface area contributed by atoms with Crippen LogP contribution in [-0.2, 0) is 0 Å². The van der Waals surface area contributed by atoms with Crippen LogP contribution in [0.1, 0.15) is 16.8 Å². The van der Waals surface area contributed by atoms with Crippen molar-refractivity contribution in [2.24, 2.45) is 5.92 Å². The molecule has 0 aliphatic carbocycles. The Balaban J connectivity index is 1.53. The average molecular weight is 311 g/mol. The second-order valence-corrected chi connectivity index (χ2v) is 5.91. The van der Waals surface area contributed by atoms with Crippen molar-refractivity contribution in [2.45, 2.75) is 6.42 Å². The third-order valence-electron chi connectivity index (χ3n) is 3.98. The SMILES string of the molecule is CN1CC[C@@H](CNC(=O)c2cnc(Nc3ccccc3)nc2)C1. The number of carbonyl (C=O) groups is 1. The number of rotatable bonds is 5. The first-order chi connectivity index (χ1) is 11.2. The number of nitrogens with one attached hydrogen (secondary N) is 2. The van der Waals surface area contributed by atoms with Crippen molar-refractivity contribution in [2.75, 3.05) is 32.0 Å². The first-order valence-corrected chi connectivity index (χ1v) is 7.81. The predicted octanol–water partition coefficient (Wildman–Crippen LogP) is 1.90. The van der Waals surface area contributed by atoms with Gasteiger partial charge in [0, 0.05) is 31.2 Å². The first-order valence-electron chi connectivity index (χ1n) is 7.81. The molecule has 2 aromatic rings. The largest absolute Gasteiger partial charge is 0.352 e. The summed E-state index contributed by atoms with van der Waals surface area (Å²) in [5, 5.41) is 6.06. The minimum atomic E-state index is -0.120. The van der Waals surface area contributed by atoms with Crippen molar-refractivity contribution in [1.82, 2.24) is 20.2 Å². The highest BCUT2D eigenvalue weighted by Gasteiger charge is 2.20. The van der Waals surface area contributed by atoms with Crippen molar-refractivity contribution in [3.8, 4) is 0 Å². The molecule has 1 aliphatic heterocycles. The number of hydrogen-bond donors (Lipinski definition) is 2. The molecule has 0 saturated carbocycles. The Hall–Kier alpha value is -2.47. The molecule has 2 N–H and O–H groups in total. The lowest BCUT2D eigenvalue weighted by molar-refractivity contribution is 0.0947. The van der Waals surface area contributed by atoms with Gasteiger partial charge in [0.1, 0.15) is 0 Å². The lowest BCUT2D eigenvalue weighted by atomic mass is 10.1. The zero-order valence-electron chi connectivity index (χ0n) is 13.2. The fraction of sp³-hybridized carbons (Fsp3) is 0.353. The van der Waals surface area contributed by atoms with Crippen LogP contribution in [0.5, 0.6) is 0 Å². The number of benzene rings is 1. The lowest BCUT2D eigenvalue weighted by Gasteiger charge is -2.11. The third-order valence-corrected chi connectivity index (χ3v) is 3.98. The normalized spacial score (nSPS) is 17.9. The maximum atomic E-state index is 12.1.